The summed E-state index contributed by atoms with van der Waals surface area (Å²) in [6.07, 6.45) is 0. The lowest BCUT2D eigenvalue weighted by atomic mass is 9.77. The smallest absolute Gasteiger partial charge is 0.205 e. The molecule has 4 rings (SSSR count). The van der Waals surface area contributed by atoms with Crippen molar-refractivity contribution >= 4 is 16.7 Å². The summed E-state index contributed by atoms with van der Waals surface area (Å²) in [4.78, 5) is 0. The lowest BCUT2D eigenvalue weighted by Crippen LogP contribution is -2.31. The fourth-order valence-electron chi connectivity index (χ4n) is 3.68. The van der Waals surface area contributed by atoms with Gasteiger partial charge in [-0.15, -0.1) is 0 Å². The van der Waals surface area contributed by atoms with Gasteiger partial charge in [-0.05, 0) is 29.8 Å². The van der Waals surface area contributed by atoms with Gasteiger partial charge in [0.15, 0.2) is 0 Å². The van der Waals surface area contributed by atoms with Crippen LogP contribution in [0.4, 0.5) is 0 Å². The van der Waals surface area contributed by atoms with E-state index in [0.29, 0.717) is 12.4 Å². The predicted molar refractivity (Wildman–Crippen MR) is 101 cm³/mol. The second kappa shape index (κ2) is 6.53. The van der Waals surface area contributed by atoms with Gasteiger partial charge in [-0.3, -0.25) is 5.41 Å². The average molecular weight is 342 g/mol. The van der Waals surface area contributed by atoms with Gasteiger partial charge in [0, 0.05) is 17.0 Å². The van der Waals surface area contributed by atoms with Crippen LogP contribution in [0.25, 0.3) is 10.8 Å². The molecule has 0 saturated heterocycles. The largest absolute Gasteiger partial charge is 0.494 e. The minimum atomic E-state index is -0.699. The molecule has 0 aromatic heterocycles. The maximum absolute atomic E-state index is 9.80. The molecule has 0 bridgehead atoms. The van der Waals surface area contributed by atoms with Gasteiger partial charge in [0.25, 0.3) is 0 Å². The highest BCUT2D eigenvalue weighted by Crippen LogP contribution is 2.47. The van der Waals surface area contributed by atoms with Crippen molar-refractivity contribution in [2.45, 2.75) is 12.8 Å². The van der Waals surface area contributed by atoms with E-state index in [2.05, 4.69) is 6.07 Å². The number of hydrogen-bond acceptors (Lipinski definition) is 4. The van der Waals surface area contributed by atoms with E-state index in [0.717, 1.165) is 27.6 Å². The van der Waals surface area contributed by atoms with E-state index < -0.39 is 5.92 Å². The molecule has 3 aromatic rings. The van der Waals surface area contributed by atoms with Crippen molar-refractivity contribution < 1.29 is 9.47 Å². The van der Waals surface area contributed by atoms with Gasteiger partial charge in [-0.1, -0.05) is 48.5 Å². The molecule has 1 aliphatic heterocycles. The molecule has 0 fully saturated rings. The molecule has 0 spiro atoms. The Hall–Kier alpha value is -3.32. The van der Waals surface area contributed by atoms with Crippen LogP contribution in [0.15, 0.2) is 60.7 Å². The Balaban J connectivity index is 2.03. The fourth-order valence-corrected chi connectivity index (χ4v) is 3.68. The number of nitrogens with one attached hydrogen (secondary N) is 1. The quantitative estimate of drug-likeness (QED) is 0.737. The number of ether oxygens (including phenoxy) is 2. The van der Waals surface area contributed by atoms with Crippen molar-refractivity contribution in [2.24, 2.45) is 5.92 Å². The minimum absolute atomic E-state index is 0.0217. The van der Waals surface area contributed by atoms with Crippen molar-refractivity contribution in [1.29, 1.82) is 10.7 Å². The van der Waals surface area contributed by atoms with Crippen LogP contribution >= 0.6 is 0 Å². The van der Waals surface area contributed by atoms with E-state index in [1.165, 1.54) is 0 Å². The highest BCUT2D eigenvalue weighted by molar-refractivity contribution is 5.94. The molecule has 4 nitrogen and oxygen atoms in total. The molecule has 0 aliphatic carbocycles. The van der Waals surface area contributed by atoms with Gasteiger partial charge < -0.3 is 9.47 Å². The minimum Gasteiger partial charge on any atom is -0.494 e. The van der Waals surface area contributed by atoms with Crippen LogP contribution in [0.5, 0.6) is 11.5 Å². The Morgan fingerprint density at radius 2 is 1.85 bits per heavy atom. The van der Waals surface area contributed by atoms with Crippen molar-refractivity contribution in [1.82, 2.24) is 0 Å². The Labute approximate surface area is 152 Å². The Morgan fingerprint density at radius 3 is 2.65 bits per heavy atom. The first-order chi connectivity index (χ1) is 12.7. The zero-order valence-corrected chi connectivity index (χ0v) is 14.4. The maximum Gasteiger partial charge on any atom is 0.205 e. The van der Waals surface area contributed by atoms with Crippen LogP contribution in [-0.2, 0) is 0 Å². The normalized spacial score (nSPS) is 18.7. The van der Waals surface area contributed by atoms with Crippen molar-refractivity contribution in [3.8, 4) is 17.6 Å². The molecule has 0 amide bonds. The van der Waals surface area contributed by atoms with E-state index in [1.807, 2.05) is 67.6 Å². The van der Waals surface area contributed by atoms with Crippen LogP contribution < -0.4 is 9.47 Å². The summed E-state index contributed by atoms with van der Waals surface area (Å²) >= 11 is 0. The number of nitriles is 1. The summed E-state index contributed by atoms with van der Waals surface area (Å²) in [7, 11) is 0. The second-order valence-corrected chi connectivity index (χ2v) is 6.22. The summed E-state index contributed by atoms with van der Waals surface area (Å²) in [6.45, 7) is 2.48. The zero-order chi connectivity index (χ0) is 18.1. The van der Waals surface area contributed by atoms with Gasteiger partial charge in [0.1, 0.15) is 17.4 Å². The van der Waals surface area contributed by atoms with Crippen LogP contribution in [0.2, 0.25) is 0 Å². The monoisotopic (exact) mass is 342 g/mol. The second-order valence-electron chi connectivity index (χ2n) is 6.22. The zero-order valence-electron chi connectivity index (χ0n) is 14.4. The molecular formula is C22H18N2O2. The molecule has 1 heterocycles. The fraction of sp³-hybridized carbons (Fsp3) is 0.182. The third-order valence-corrected chi connectivity index (χ3v) is 4.77. The Bertz CT molecular complexity index is 1040. The Kier molecular flexibility index (Phi) is 4.06. The van der Waals surface area contributed by atoms with Gasteiger partial charge in [0.05, 0.1) is 12.7 Å². The number of nitrogens with zero attached hydrogens (tertiary/aromatic N) is 1. The summed E-state index contributed by atoms with van der Waals surface area (Å²) in [5.41, 5.74) is 1.85. The van der Waals surface area contributed by atoms with Crippen LogP contribution in [0.3, 0.4) is 0 Å². The SMILES string of the molecule is CCOc1ccccc1C1c2c(ccc3ccccc23)OC(=N)C1C#N. The van der Waals surface area contributed by atoms with Gasteiger partial charge in [-0.25, -0.2) is 0 Å². The number of fused-ring (bicyclic) bond motifs is 3. The molecule has 26 heavy (non-hydrogen) atoms. The molecule has 1 N–H and O–H groups in total. The van der Waals surface area contributed by atoms with Crippen LogP contribution in [0, 0.1) is 22.7 Å². The van der Waals surface area contributed by atoms with Crippen LogP contribution in [0.1, 0.15) is 24.0 Å². The molecule has 128 valence electrons. The van der Waals surface area contributed by atoms with E-state index in [9.17, 15) is 5.26 Å². The molecule has 1 aliphatic rings. The first-order valence-electron chi connectivity index (χ1n) is 8.64. The van der Waals surface area contributed by atoms with Gasteiger partial charge in [0.2, 0.25) is 5.90 Å². The molecule has 2 atom stereocenters. The Morgan fingerprint density at radius 1 is 1.08 bits per heavy atom. The third-order valence-electron chi connectivity index (χ3n) is 4.77. The molecule has 2 unspecified atom stereocenters. The molecule has 0 saturated carbocycles. The van der Waals surface area contributed by atoms with Crippen LogP contribution in [-0.4, -0.2) is 12.5 Å². The highest BCUT2D eigenvalue weighted by Gasteiger charge is 2.39. The number of rotatable bonds is 3. The number of benzene rings is 3. The topological polar surface area (TPSA) is 66.1 Å². The van der Waals surface area contributed by atoms with E-state index in [1.54, 1.807) is 0 Å². The maximum atomic E-state index is 9.80. The lowest BCUT2D eigenvalue weighted by molar-refractivity contribution is 0.332. The van der Waals surface area contributed by atoms with E-state index in [4.69, 9.17) is 14.9 Å². The summed E-state index contributed by atoms with van der Waals surface area (Å²) in [6, 6.07) is 22.0. The summed E-state index contributed by atoms with van der Waals surface area (Å²) in [5, 5.41) is 20.2. The number of hydrogen-bond donors (Lipinski definition) is 1. The standard InChI is InChI=1S/C22H18N2O2/c1-2-25-18-10-6-5-9-16(18)20-17(13-23)22(24)26-19-12-11-14-7-3-4-8-15(14)21(19)20/h3-12,17,20,24H,2H2,1H3. The summed E-state index contributed by atoms with van der Waals surface area (Å²) < 4.78 is 11.5. The lowest BCUT2D eigenvalue weighted by Gasteiger charge is -2.32. The average Bonchev–Trinajstić information content (AvgIpc) is 2.67. The van der Waals surface area contributed by atoms with Crippen molar-refractivity contribution in [2.75, 3.05) is 6.61 Å². The summed E-state index contributed by atoms with van der Waals surface area (Å²) in [5.74, 6) is 0.344. The third kappa shape index (κ3) is 2.49. The highest BCUT2D eigenvalue weighted by atomic mass is 16.5. The van der Waals surface area contributed by atoms with Crippen molar-refractivity contribution in [3.63, 3.8) is 0 Å². The van der Waals surface area contributed by atoms with Crippen molar-refractivity contribution in [3.05, 3.63) is 71.8 Å². The molecule has 4 heteroatoms. The first kappa shape index (κ1) is 16.2. The molecule has 0 radical (unpaired) electrons. The van der Waals surface area contributed by atoms with Gasteiger partial charge >= 0.3 is 0 Å². The predicted octanol–water partition coefficient (Wildman–Crippen LogP) is 4.88. The first-order valence-corrected chi connectivity index (χ1v) is 8.64. The van der Waals surface area contributed by atoms with Gasteiger partial charge in [-0.2, -0.15) is 5.26 Å². The number of para-hydroxylation sites is 1. The van der Waals surface area contributed by atoms with E-state index >= 15 is 0 Å². The molecular weight excluding hydrogens is 324 g/mol. The van der Waals surface area contributed by atoms with E-state index in [-0.39, 0.29) is 11.8 Å². The molecule has 3 aromatic carbocycles.